The van der Waals surface area contributed by atoms with Crippen LogP contribution in [0.2, 0.25) is 0 Å². The summed E-state index contributed by atoms with van der Waals surface area (Å²) in [6.45, 7) is 1.87. The summed E-state index contributed by atoms with van der Waals surface area (Å²) < 4.78 is 14.9. The van der Waals surface area contributed by atoms with Crippen molar-refractivity contribution in [2.24, 2.45) is 5.92 Å². The molecule has 2 N–H and O–H groups in total. The number of benzene rings is 1. The maximum Gasteiger partial charge on any atom is 0.279 e. The van der Waals surface area contributed by atoms with Crippen molar-refractivity contribution in [3.05, 3.63) is 63.8 Å². The molecular formula is C22H26FN4O3+. The molecule has 2 aromatic rings. The molecule has 2 aliphatic rings. The standard InChI is InChI=1S/C22H25FN4O3/c1-25(2)13-20(28)24-18-7-8-19-16-9-14(11-27(19)22(18)30)10-26(12-16)21(29)15-3-5-17(23)6-4-15/h3-8,14,16H,9-13H2,1-2H3,(H,24,28)/p+1/t14-,16+/m0/s1. The van der Waals surface area contributed by atoms with E-state index >= 15 is 0 Å². The monoisotopic (exact) mass is 413 g/mol. The Morgan fingerprint density at radius 2 is 1.83 bits per heavy atom. The average Bonchev–Trinajstić information content (AvgIpc) is 2.70. The number of quaternary nitrogens is 1. The first-order chi connectivity index (χ1) is 14.3. The van der Waals surface area contributed by atoms with Crippen molar-refractivity contribution < 1.29 is 18.9 Å². The number of rotatable bonds is 4. The first-order valence-electron chi connectivity index (χ1n) is 10.2. The van der Waals surface area contributed by atoms with Gasteiger partial charge in [-0.05, 0) is 48.7 Å². The van der Waals surface area contributed by atoms with Crippen molar-refractivity contribution in [1.82, 2.24) is 9.47 Å². The van der Waals surface area contributed by atoms with Gasteiger partial charge in [0.15, 0.2) is 6.54 Å². The number of amides is 2. The van der Waals surface area contributed by atoms with Gasteiger partial charge in [-0.3, -0.25) is 14.4 Å². The van der Waals surface area contributed by atoms with E-state index in [1.165, 1.54) is 24.3 Å². The number of hydrogen-bond acceptors (Lipinski definition) is 3. The highest BCUT2D eigenvalue weighted by Gasteiger charge is 2.37. The van der Waals surface area contributed by atoms with E-state index in [0.717, 1.165) is 17.0 Å². The number of fused-ring (bicyclic) bond motifs is 4. The van der Waals surface area contributed by atoms with Gasteiger partial charge in [0.1, 0.15) is 11.5 Å². The minimum atomic E-state index is -0.370. The fourth-order valence-electron chi connectivity index (χ4n) is 4.50. The highest BCUT2D eigenvalue weighted by Crippen LogP contribution is 2.36. The van der Waals surface area contributed by atoms with Crippen molar-refractivity contribution in [1.29, 1.82) is 0 Å². The second kappa shape index (κ2) is 8.02. The lowest BCUT2D eigenvalue weighted by atomic mass is 9.83. The number of carbonyl (C=O) groups excluding carboxylic acids is 2. The Kier molecular flexibility index (Phi) is 5.42. The van der Waals surface area contributed by atoms with Crippen LogP contribution in [0.15, 0.2) is 41.2 Å². The number of hydrogen-bond donors (Lipinski definition) is 2. The number of halogens is 1. The van der Waals surface area contributed by atoms with Crippen molar-refractivity contribution in [2.45, 2.75) is 18.9 Å². The summed E-state index contributed by atoms with van der Waals surface area (Å²) in [7, 11) is 3.75. The van der Waals surface area contributed by atoms with Crippen LogP contribution in [-0.4, -0.2) is 55.0 Å². The third-order valence-electron chi connectivity index (χ3n) is 5.77. The molecule has 8 heteroatoms. The summed E-state index contributed by atoms with van der Waals surface area (Å²) in [6.07, 6.45) is 0.919. The fourth-order valence-corrected chi connectivity index (χ4v) is 4.50. The third kappa shape index (κ3) is 4.00. The molecule has 7 nitrogen and oxygen atoms in total. The van der Waals surface area contributed by atoms with Crippen LogP contribution in [0.1, 0.15) is 28.4 Å². The zero-order valence-electron chi connectivity index (χ0n) is 17.2. The Morgan fingerprint density at radius 3 is 2.53 bits per heavy atom. The quantitative estimate of drug-likeness (QED) is 0.759. The van der Waals surface area contributed by atoms with E-state index in [0.29, 0.717) is 30.9 Å². The highest BCUT2D eigenvalue weighted by atomic mass is 19.1. The smallest absolute Gasteiger partial charge is 0.279 e. The average molecular weight is 413 g/mol. The zero-order valence-corrected chi connectivity index (χ0v) is 17.2. The minimum absolute atomic E-state index is 0.0607. The molecule has 0 saturated carbocycles. The zero-order chi connectivity index (χ0) is 21.4. The first-order valence-corrected chi connectivity index (χ1v) is 10.2. The summed E-state index contributed by atoms with van der Waals surface area (Å²) in [6, 6.07) is 9.14. The summed E-state index contributed by atoms with van der Waals surface area (Å²) in [5.41, 5.74) is 1.46. The first kappa shape index (κ1) is 20.3. The number of aromatic nitrogens is 1. The topological polar surface area (TPSA) is 75.8 Å². The van der Waals surface area contributed by atoms with Crippen molar-refractivity contribution >= 4 is 17.5 Å². The molecule has 1 aromatic carbocycles. The highest BCUT2D eigenvalue weighted by molar-refractivity contribution is 5.94. The lowest BCUT2D eigenvalue weighted by molar-refractivity contribution is -0.849. The van der Waals surface area contributed by atoms with Gasteiger partial charge in [0.05, 0.1) is 14.1 Å². The van der Waals surface area contributed by atoms with Crippen LogP contribution in [-0.2, 0) is 11.3 Å². The molecule has 2 amide bonds. The maximum absolute atomic E-state index is 13.2. The number of likely N-dealkylation sites (tertiary alicyclic amines) is 1. The molecule has 30 heavy (non-hydrogen) atoms. The van der Waals surface area contributed by atoms with E-state index in [4.69, 9.17) is 0 Å². The van der Waals surface area contributed by atoms with Crippen LogP contribution in [0.4, 0.5) is 10.1 Å². The SMILES string of the molecule is C[NH+](C)CC(=O)Nc1ccc2n(c1=O)C[C@H]1C[C@@H]2CN(C(=O)c2ccc(F)cc2)C1. The number of piperidine rings is 1. The van der Waals surface area contributed by atoms with E-state index in [-0.39, 0.29) is 41.6 Å². The van der Waals surface area contributed by atoms with E-state index in [1.807, 2.05) is 20.2 Å². The second-order valence-corrected chi connectivity index (χ2v) is 8.54. The summed E-state index contributed by atoms with van der Waals surface area (Å²) in [4.78, 5) is 40.7. The van der Waals surface area contributed by atoms with Crippen LogP contribution in [0.5, 0.6) is 0 Å². The Labute approximate surface area is 174 Å². The predicted molar refractivity (Wildman–Crippen MR) is 110 cm³/mol. The van der Waals surface area contributed by atoms with Crippen LogP contribution in [0.3, 0.4) is 0 Å². The normalized spacial score (nSPS) is 20.1. The molecule has 1 fully saturated rings. The van der Waals surface area contributed by atoms with Crippen LogP contribution in [0.25, 0.3) is 0 Å². The Bertz CT molecular complexity index is 1030. The van der Waals surface area contributed by atoms with Crippen molar-refractivity contribution in [3.63, 3.8) is 0 Å². The van der Waals surface area contributed by atoms with E-state index in [2.05, 4.69) is 5.32 Å². The lowest BCUT2D eigenvalue weighted by Crippen LogP contribution is -3.06. The predicted octanol–water partition coefficient (Wildman–Crippen LogP) is 0.330. The van der Waals surface area contributed by atoms with Gasteiger partial charge in [0.2, 0.25) is 0 Å². The molecule has 158 valence electrons. The summed E-state index contributed by atoms with van der Waals surface area (Å²) >= 11 is 0. The van der Waals surface area contributed by atoms with Crippen LogP contribution >= 0.6 is 0 Å². The Balaban J connectivity index is 1.54. The number of nitrogens with zero attached hydrogens (tertiary/aromatic N) is 2. The van der Waals surface area contributed by atoms with E-state index < -0.39 is 0 Å². The lowest BCUT2D eigenvalue weighted by Gasteiger charge is -2.43. The molecule has 2 atom stereocenters. The molecule has 3 heterocycles. The fraction of sp³-hybridized carbons (Fsp3) is 0.409. The maximum atomic E-state index is 13.2. The van der Waals surface area contributed by atoms with Gasteiger partial charge in [-0.2, -0.15) is 0 Å². The molecule has 0 radical (unpaired) electrons. The van der Waals surface area contributed by atoms with E-state index in [9.17, 15) is 18.8 Å². The van der Waals surface area contributed by atoms with E-state index in [1.54, 1.807) is 15.5 Å². The van der Waals surface area contributed by atoms with Crippen molar-refractivity contribution in [3.8, 4) is 0 Å². The summed E-state index contributed by atoms with van der Waals surface area (Å²) in [5, 5.41) is 2.72. The molecule has 0 aliphatic carbocycles. The molecule has 2 aliphatic heterocycles. The molecule has 4 rings (SSSR count). The van der Waals surface area contributed by atoms with Gasteiger partial charge < -0.3 is 19.7 Å². The van der Waals surface area contributed by atoms with Gasteiger partial charge >= 0.3 is 0 Å². The van der Waals surface area contributed by atoms with Gasteiger partial charge in [0, 0.05) is 36.8 Å². The number of likely N-dealkylation sites (N-methyl/N-ethyl adjacent to an activating group) is 1. The molecule has 1 aromatic heterocycles. The largest absolute Gasteiger partial charge is 0.338 e. The second-order valence-electron chi connectivity index (χ2n) is 8.54. The number of anilines is 1. The number of pyridine rings is 1. The Hall–Kier alpha value is -3.00. The molecule has 0 spiro atoms. The number of nitrogens with one attached hydrogen (secondary N) is 2. The van der Waals surface area contributed by atoms with Crippen LogP contribution in [0, 0.1) is 11.7 Å². The summed E-state index contributed by atoms with van der Waals surface area (Å²) in [5.74, 6) is -0.457. The van der Waals surface area contributed by atoms with Gasteiger partial charge in [-0.1, -0.05) is 0 Å². The van der Waals surface area contributed by atoms with Crippen LogP contribution < -0.4 is 15.8 Å². The molecule has 1 saturated heterocycles. The number of carbonyl (C=O) groups is 2. The van der Waals surface area contributed by atoms with Gasteiger partial charge in [-0.15, -0.1) is 0 Å². The third-order valence-corrected chi connectivity index (χ3v) is 5.77. The van der Waals surface area contributed by atoms with Crippen molar-refractivity contribution in [2.75, 3.05) is 39.0 Å². The van der Waals surface area contributed by atoms with Gasteiger partial charge in [-0.25, -0.2) is 4.39 Å². The molecular weight excluding hydrogens is 387 g/mol. The Morgan fingerprint density at radius 1 is 1.10 bits per heavy atom. The van der Waals surface area contributed by atoms with Gasteiger partial charge in [0.25, 0.3) is 17.4 Å². The molecule has 0 unspecified atom stereocenters. The minimum Gasteiger partial charge on any atom is -0.338 e. The molecule has 2 bridgehead atoms.